The van der Waals surface area contributed by atoms with Gasteiger partial charge < -0.3 is 14.8 Å². The number of ether oxygens (including phenoxy) is 2. The van der Waals surface area contributed by atoms with Crippen LogP contribution in [0.15, 0.2) is 30.6 Å². The van der Waals surface area contributed by atoms with E-state index in [9.17, 15) is 9.59 Å². The summed E-state index contributed by atoms with van der Waals surface area (Å²) in [5, 5.41) is 11.1. The van der Waals surface area contributed by atoms with Gasteiger partial charge in [0.1, 0.15) is 17.0 Å². The third-order valence-electron chi connectivity index (χ3n) is 4.53. The molecule has 0 radical (unpaired) electrons. The number of amides is 1. The largest absolute Gasteiger partial charge is 0.480 e. The summed E-state index contributed by atoms with van der Waals surface area (Å²) in [6.45, 7) is 1.63. The summed E-state index contributed by atoms with van der Waals surface area (Å²) in [5.41, 5.74) is 2.24. The van der Waals surface area contributed by atoms with E-state index in [0.717, 1.165) is 0 Å². The van der Waals surface area contributed by atoms with E-state index in [4.69, 9.17) is 21.1 Å². The van der Waals surface area contributed by atoms with Crippen LogP contribution in [0.25, 0.3) is 11.3 Å². The van der Waals surface area contributed by atoms with E-state index in [1.54, 1.807) is 38.4 Å². The zero-order valence-electron chi connectivity index (χ0n) is 16.1. The molecule has 1 atom stereocenters. The molecule has 11 heteroatoms. The molecule has 1 aliphatic heterocycles. The highest BCUT2D eigenvalue weighted by Gasteiger charge is 2.23. The third kappa shape index (κ3) is 3.94. The van der Waals surface area contributed by atoms with Crippen LogP contribution in [-0.4, -0.2) is 43.4 Å². The number of aromatic nitrogens is 5. The second-order valence-corrected chi connectivity index (χ2v) is 6.97. The van der Waals surface area contributed by atoms with Crippen LogP contribution in [0, 0.1) is 0 Å². The Hall–Kier alpha value is -3.53. The lowest BCUT2D eigenvalue weighted by atomic mass is 10.1. The maximum Gasteiger partial charge on any atom is 0.312 e. The van der Waals surface area contributed by atoms with Crippen LogP contribution in [0.4, 0.5) is 5.82 Å². The molecule has 3 aromatic heterocycles. The lowest BCUT2D eigenvalue weighted by molar-refractivity contribution is -0.147. The molecule has 0 spiro atoms. The van der Waals surface area contributed by atoms with Crippen LogP contribution < -0.4 is 10.1 Å². The van der Waals surface area contributed by atoms with Crippen LogP contribution in [0.1, 0.15) is 24.3 Å². The van der Waals surface area contributed by atoms with Crippen molar-refractivity contribution in [2.24, 2.45) is 7.05 Å². The average Bonchev–Trinajstić information content (AvgIpc) is 3.08. The second-order valence-electron chi connectivity index (χ2n) is 6.61. The smallest absolute Gasteiger partial charge is 0.312 e. The summed E-state index contributed by atoms with van der Waals surface area (Å²) in [6, 6.07) is 5.17. The fourth-order valence-electron chi connectivity index (χ4n) is 3.03. The predicted molar refractivity (Wildman–Crippen MR) is 106 cm³/mol. The summed E-state index contributed by atoms with van der Waals surface area (Å²) >= 11 is 6.07. The van der Waals surface area contributed by atoms with E-state index in [2.05, 4.69) is 25.6 Å². The molecule has 0 aromatic carbocycles. The summed E-state index contributed by atoms with van der Waals surface area (Å²) < 4.78 is 12.4. The van der Waals surface area contributed by atoms with Crippen LogP contribution in [-0.2, 0) is 27.8 Å². The monoisotopic (exact) mass is 428 g/mol. The van der Waals surface area contributed by atoms with E-state index in [1.807, 2.05) is 0 Å². The third-order valence-corrected chi connectivity index (χ3v) is 4.85. The Balaban J connectivity index is 1.54. The minimum absolute atomic E-state index is 0.0598. The van der Waals surface area contributed by atoms with E-state index in [1.165, 1.54) is 10.9 Å². The number of esters is 1. The van der Waals surface area contributed by atoms with E-state index >= 15 is 0 Å². The van der Waals surface area contributed by atoms with Crippen molar-refractivity contribution >= 4 is 29.3 Å². The molecule has 0 aliphatic carbocycles. The molecule has 10 nitrogen and oxygen atoms in total. The summed E-state index contributed by atoms with van der Waals surface area (Å²) in [4.78, 5) is 32.2. The summed E-state index contributed by atoms with van der Waals surface area (Å²) in [6.07, 6.45) is 2.47. The normalized spacial score (nSPS) is 13.8. The van der Waals surface area contributed by atoms with Gasteiger partial charge in [-0.15, -0.1) is 5.10 Å². The van der Waals surface area contributed by atoms with Crippen LogP contribution in [0.2, 0.25) is 5.15 Å². The van der Waals surface area contributed by atoms with Gasteiger partial charge in [-0.2, -0.15) is 0 Å². The summed E-state index contributed by atoms with van der Waals surface area (Å²) in [5.74, 6) is 0.0187. The molecule has 0 saturated carbocycles. The molecule has 0 bridgehead atoms. The predicted octanol–water partition coefficient (Wildman–Crippen LogP) is 2.10. The highest BCUT2D eigenvalue weighted by molar-refractivity contribution is 6.30. The number of nitrogens with zero attached hydrogens (tertiary/aromatic N) is 5. The first kappa shape index (κ1) is 19.8. The number of hydrogen-bond acceptors (Lipinski definition) is 8. The maximum atomic E-state index is 12.6. The van der Waals surface area contributed by atoms with Gasteiger partial charge in [-0.1, -0.05) is 22.9 Å². The first-order valence-electron chi connectivity index (χ1n) is 9.04. The number of carbonyl (C=O) groups excluding carboxylic acids is 2. The Labute approximate surface area is 176 Å². The van der Waals surface area contributed by atoms with Crippen molar-refractivity contribution < 1.29 is 19.1 Å². The molecule has 1 N–H and O–H groups in total. The van der Waals surface area contributed by atoms with Gasteiger partial charge in [-0.05, 0) is 19.1 Å². The Morgan fingerprint density at radius 1 is 1.43 bits per heavy atom. The molecule has 30 heavy (non-hydrogen) atoms. The zero-order valence-corrected chi connectivity index (χ0v) is 16.9. The van der Waals surface area contributed by atoms with Crippen molar-refractivity contribution in [2.75, 3.05) is 11.9 Å². The Kier molecular flexibility index (Phi) is 5.32. The maximum absolute atomic E-state index is 12.6. The van der Waals surface area contributed by atoms with Crippen molar-refractivity contribution in [2.45, 2.75) is 19.4 Å². The van der Waals surface area contributed by atoms with Gasteiger partial charge in [0.05, 0.1) is 12.1 Å². The molecule has 1 aliphatic rings. The molecule has 0 saturated heterocycles. The number of hydrogen-bond donors (Lipinski definition) is 1. The quantitative estimate of drug-likeness (QED) is 0.484. The minimum Gasteiger partial charge on any atom is -0.480 e. The number of rotatable bonds is 5. The van der Waals surface area contributed by atoms with E-state index in [-0.39, 0.29) is 24.1 Å². The van der Waals surface area contributed by atoms with Crippen molar-refractivity contribution in [3.05, 3.63) is 47.0 Å². The fourth-order valence-corrected chi connectivity index (χ4v) is 3.30. The van der Waals surface area contributed by atoms with Gasteiger partial charge in [0, 0.05) is 30.6 Å². The fraction of sp³-hybridized carbons (Fsp3) is 0.263. The molecular formula is C19H17ClN6O4. The van der Waals surface area contributed by atoms with Gasteiger partial charge in [0.2, 0.25) is 0 Å². The van der Waals surface area contributed by atoms with Gasteiger partial charge in [-0.25, -0.2) is 9.97 Å². The SMILES string of the molecule is C[C@@H](OC(=O)Cc1c(-c2cnc3c(c2)OCC(=O)N3)nnn1C)c1cccnc1Cl. The number of halogens is 1. The number of nitrogens with one attached hydrogen (secondary N) is 1. The topological polar surface area (TPSA) is 121 Å². The van der Waals surface area contributed by atoms with Crippen molar-refractivity contribution in [1.29, 1.82) is 0 Å². The molecule has 154 valence electrons. The number of anilines is 1. The minimum atomic E-state index is -0.564. The van der Waals surface area contributed by atoms with Gasteiger partial charge in [-0.3, -0.25) is 14.3 Å². The lowest BCUT2D eigenvalue weighted by Crippen LogP contribution is -2.26. The molecule has 4 rings (SSSR count). The molecule has 4 heterocycles. The van der Waals surface area contributed by atoms with Gasteiger partial charge >= 0.3 is 5.97 Å². The number of pyridine rings is 2. The highest BCUT2D eigenvalue weighted by atomic mass is 35.5. The molecule has 1 amide bonds. The first-order chi connectivity index (χ1) is 14.4. The van der Waals surface area contributed by atoms with E-state index in [0.29, 0.717) is 34.1 Å². The van der Waals surface area contributed by atoms with Crippen LogP contribution >= 0.6 is 11.6 Å². The highest BCUT2D eigenvalue weighted by Crippen LogP contribution is 2.31. The average molecular weight is 429 g/mol. The standard InChI is InChI=1S/C19H17ClN6O4/c1-10(12-4-3-5-21-18(12)20)30-16(28)7-13-17(24-25-26(13)2)11-6-14-19(22-8-11)23-15(27)9-29-14/h3-6,8,10H,7,9H2,1-2H3,(H,22,23,27)/t10-/m1/s1. The number of aryl methyl sites for hydroxylation is 1. The first-order valence-corrected chi connectivity index (χ1v) is 9.41. The zero-order chi connectivity index (χ0) is 21.3. The van der Waals surface area contributed by atoms with Gasteiger partial charge in [0.15, 0.2) is 18.2 Å². The molecule has 0 unspecified atom stereocenters. The summed E-state index contributed by atoms with van der Waals surface area (Å²) in [7, 11) is 1.68. The molecular weight excluding hydrogens is 412 g/mol. The molecule has 0 fully saturated rings. The van der Waals surface area contributed by atoms with Crippen molar-refractivity contribution in [3.63, 3.8) is 0 Å². The van der Waals surface area contributed by atoms with E-state index < -0.39 is 12.1 Å². The Bertz CT molecular complexity index is 1130. The Morgan fingerprint density at radius 2 is 2.27 bits per heavy atom. The van der Waals surface area contributed by atoms with Crippen LogP contribution in [0.5, 0.6) is 5.75 Å². The van der Waals surface area contributed by atoms with Crippen molar-refractivity contribution in [1.82, 2.24) is 25.0 Å². The number of fused-ring (bicyclic) bond motifs is 1. The Morgan fingerprint density at radius 3 is 3.07 bits per heavy atom. The second kappa shape index (κ2) is 8.07. The molecule has 3 aromatic rings. The van der Waals surface area contributed by atoms with Crippen LogP contribution in [0.3, 0.4) is 0 Å². The number of carbonyl (C=O) groups is 2. The van der Waals surface area contributed by atoms with Crippen molar-refractivity contribution in [3.8, 4) is 17.0 Å². The lowest BCUT2D eigenvalue weighted by Gasteiger charge is -2.17. The van der Waals surface area contributed by atoms with Gasteiger partial charge in [0.25, 0.3) is 5.91 Å².